The molecule has 0 amide bonds. The van der Waals surface area contributed by atoms with Crippen LogP contribution in [0.3, 0.4) is 0 Å². The number of likely N-dealkylation sites (tertiary alicyclic amines) is 1. The van der Waals surface area contributed by atoms with E-state index in [0.29, 0.717) is 6.04 Å². The van der Waals surface area contributed by atoms with Gasteiger partial charge in [0.05, 0.1) is 13.2 Å². The zero-order chi connectivity index (χ0) is 18.6. The van der Waals surface area contributed by atoms with Crippen LogP contribution in [0.15, 0.2) is 29.3 Å². The van der Waals surface area contributed by atoms with Gasteiger partial charge in [-0.1, -0.05) is 37.6 Å². The molecule has 2 aliphatic rings. The van der Waals surface area contributed by atoms with E-state index < -0.39 is 0 Å². The minimum Gasteiger partial charge on any atom is -0.379 e. The first-order valence-corrected chi connectivity index (χ1v) is 9.91. The van der Waals surface area contributed by atoms with E-state index in [0.717, 1.165) is 56.9 Å². The Morgan fingerprint density at radius 1 is 1.31 bits per heavy atom. The van der Waals surface area contributed by atoms with Crippen molar-refractivity contribution in [2.45, 2.75) is 31.7 Å². The highest BCUT2D eigenvalue weighted by Gasteiger charge is 2.31. The highest BCUT2D eigenvalue weighted by atomic mass is 35.5. The average molecular weight is 379 g/mol. The predicted octanol–water partition coefficient (Wildman–Crippen LogP) is 2.60. The Balaban J connectivity index is 1.56. The number of nitrogens with zero attached hydrogens (tertiary/aromatic N) is 3. The van der Waals surface area contributed by atoms with Gasteiger partial charge in [0.2, 0.25) is 0 Å². The van der Waals surface area contributed by atoms with Gasteiger partial charge in [-0.25, -0.2) is 0 Å². The number of benzene rings is 1. The summed E-state index contributed by atoms with van der Waals surface area (Å²) in [7, 11) is 1.87. The number of hydrogen-bond donors (Lipinski definition) is 1. The third-order valence-electron chi connectivity index (χ3n) is 5.53. The Labute approximate surface area is 162 Å². The Morgan fingerprint density at radius 2 is 2.08 bits per heavy atom. The second-order valence-corrected chi connectivity index (χ2v) is 8.27. The zero-order valence-electron chi connectivity index (χ0n) is 16.2. The van der Waals surface area contributed by atoms with Crippen molar-refractivity contribution in [1.29, 1.82) is 0 Å². The van der Waals surface area contributed by atoms with E-state index in [1.54, 1.807) is 0 Å². The van der Waals surface area contributed by atoms with Gasteiger partial charge in [-0.15, -0.1) is 0 Å². The van der Waals surface area contributed by atoms with Crippen molar-refractivity contribution in [2.75, 3.05) is 53.0 Å². The van der Waals surface area contributed by atoms with Gasteiger partial charge >= 0.3 is 0 Å². The van der Waals surface area contributed by atoms with Crippen LogP contribution in [0.25, 0.3) is 0 Å². The van der Waals surface area contributed by atoms with Gasteiger partial charge in [0.25, 0.3) is 0 Å². The van der Waals surface area contributed by atoms with E-state index in [9.17, 15) is 0 Å². The summed E-state index contributed by atoms with van der Waals surface area (Å²) in [6.45, 7) is 11.2. The average Bonchev–Trinajstić information content (AvgIpc) is 3.13. The second kappa shape index (κ2) is 8.59. The summed E-state index contributed by atoms with van der Waals surface area (Å²) in [4.78, 5) is 9.47. The Kier molecular flexibility index (Phi) is 6.43. The van der Waals surface area contributed by atoms with Crippen LogP contribution < -0.4 is 5.32 Å². The standard InChI is InChI=1S/C20H31ClN4O/c1-20(2,16-5-4-6-17(21)13-16)15-23-19(22-3)25-8-7-18(14-25)24-9-11-26-12-10-24/h4-6,13,18H,7-12,14-15H2,1-3H3,(H,22,23). The van der Waals surface area contributed by atoms with Crippen LogP contribution >= 0.6 is 11.6 Å². The lowest BCUT2D eigenvalue weighted by molar-refractivity contribution is 0.0195. The third-order valence-corrected chi connectivity index (χ3v) is 5.77. The summed E-state index contributed by atoms with van der Waals surface area (Å²) < 4.78 is 5.48. The van der Waals surface area contributed by atoms with Gasteiger partial charge < -0.3 is 15.0 Å². The molecular weight excluding hydrogens is 348 g/mol. The molecule has 6 heteroatoms. The molecular formula is C20H31ClN4O. The molecule has 0 radical (unpaired) electrons. The molecule has 0 spiro atoms. The molecule has 5 nitrogen and oxygen atoms in total. The van der Waals surface area contributed by atoms with E-state index in [-0.39, 0.29) is 5.41 Å². The normalized spacial score (nSPS) is 22.7. The number of aliphatic imine (C=N–C) groups is 1. The SMILES string of the molecule is CN=C(NCC(C)(C)c1cccc(Cl)c1)N1CCC(N2CCOCC2)C1. The van der Waals surface area contributed by atoms with E-state index in [1.807, 2.05) is 19.2 Å². The van der Waals surface area contributed by atoms with Crippen LogP contribution in [0.2, 0.25) is 5.02 Å². The van der Waals surface area contributed by atoms with Gasteiger partial charge in [-0.05, 0) is 24.1 Å². The van der Waals surface area contributed by atoms with Gasteiger partial charge in [0, 0.05) is 56.3 Å². The van der Waals surface area contributed by atoms with Crippen LogP contribution in [-0.4, -0.2) is 74.8 Å². The molecule has 1 N–H and O–H groups in total. The first-order chi connectivity index (χ1) is 12.5. The Morgan fingerprint density at radius 3 is 2.77 bits per heavy atom. The van der Waals surface area contributed by atoms with Gasteiger partial charge in [-0.3, -0.25) is 9.89 Å². The molecule has 0 bridgehead atoms. The van der Waals surface area contributed by atoms with Crippen molar-refractivity contribution >= 4 is 17.6 Å². The molecule has 0 aliphatic carbocycles. The number of nitrogens with one attached hydrogen (secondary N) is 1. The Hall–Kier alpha value is -1.30. The maximum absolute atomic E-state index is 6.17. The molecule has 2 saturated heterocycles. The highest BCUT2D eigenvalue weighted by molar-refractivity contribution is 6.30. The van der Waals surface area contributed by atoms with Crippen LogP contribution in [-0.2, 0) is 10.2 Å². The third kappa shape index (κ3) is 4.70. The fraction of sp³-hybridized carbons (Fsp3) is 0.650. The lowest BCUT2D eigenvalue weighted by Gasteiger charge is -2.33. The Bertz CT molecular complexity index is 628. The molecule has 144 valence electrons. The number of hydrogen-bond acceptors (Lipinski definition) is 3. The number of halogens is 1. The lowest BCUT2D eigenvalue weighted by Crippen LogP contribution is -2.48. The monoisotopic (exact) mass is 378 g/mol. The fourth-order valence-corrected chi connectivity index (χ4v) is 4.01. The quantitative estimate of drug-likeness (QED) is 0.645. The minimum absolute atomic E-state index is 0.0236. The molecule has 1 unspecified atom stereocenters. The minimum atomic E-state index is -0.0236. The summed E-state index contributed by atoms with van der Waals surface area (Å²) in [6, 6.07) is 8.74. The fourth-order valence-electron chi connectivity index (χ4n) is 3.82. The molecule has 0 aromatic heterocycles. The summed E-state index contributed by atoms with van der Waals surface area (Å²) in [5.41, 5.74) is 1.21. The highest BCUT2D eigenvalue weighted by Crippen LogP contribution is 2.25. The first-order valence-electron chi connectivity index (χ1n) is 9.53. The van der Waals surface area contributed by atoms with Crippen molar-refractivity contribution in [3.63, 3.8) is 0 Å². The molecule has 2 fully saturated rings. The number of ether oxygens (including phenoxy) is 1. The van der Waals surface area contributed by atoms with E-state index >= 15 is 0 Å². The van der Waals surface area contributed by atoms with Crippen molar-refractivity contribution in [3.8, 4) is 0 Å². The summed E-state index contributed by atoms with van der Waals surface area (Å²) >= 11 is 6.17. The molecule has 3 rings (SSSR count). The van der Waals surface area contributed by atoms with Gasteiger partial charge in [-0.2, -0.15) is 0 Å². The molecule has 0 saturated carbocycles. The topological polar surface area (TPSA) is 40.1 Å². The zero-order valence-corrected chi connectivity index (χ0v) is 16.9. The van der Waals surface area contributed by atoms with Crippen molar-refractivity contribution in [1.82, 2.24) is 15.1 Å². The maximum atomic E-state index is 6.17. The van der Waals surface area contributed by atoms with E-state index in [4.69, 9.17) is 16.3 Å². The van der Waals surface area contributed by atoms with E-state index in [2.05, 4.69) is 46.1 Å². The first kappa shape index (κ1) is 19.5. The lowest BCUT2D eigenvalue weighted by atomic mass is 9.84. The predicted molar refractivity (Wildman–Crippen MR) is 108 cm³/mol. The van der Waals surface area contributed by atoms with E-state index in [1.165, 1.54) is 12.0 Å². The molecule has 2 aliphatic heterocycles. The second-order valence-electron chi connectivity index (χ2n) is 7.83. The van der Waals surface area contributed by atoms with Crippen LogP contribution in [0, 0.1) is 0 Å². The number of rotatable bonds is 4. The summed E-state index contributed by atoms with van der Waals surface area (Å²) in [6.07, 6.45) is 1.19. The molecule has 2 heterocycles. The van der Waals surface area contributed by atoms with Crippen molar-refractivity contribution < 1.29 is 4.74 Å². The molecule has 1 atom stereocenters. The molecule has 1 aromatic carbocycles. The largest absolute Gasteiger partial charge is 0.379 e. The van der Waals surface area contributed by atoms with Gasteiger partial charge in [0.1, 0.15) is 0 Å². The maximum Gasteiger partial charge on any atom is 0.193 e. The van der Waals surface area contributed by atoms with Crippen molar-refractivity contribution in [2.24, 2.45) is 4.99 Å². The van der Waals surface area contributed by atoms with Gasteiger partial charge in [0.15, 0.2) is 5.96 Å². The molecule has 26 heavy (non-hydrogen) atoms. The molecule has 1 aromatic rings. The summed E-state index contributed by atoms with van der Waals surface area (Å²) in [5, 5.41) is 4.37. The van der Waals surface area contributed by atoms with Crippen LogP contribution in [0.5, 0.6) is 0 Å². The smallest absolute Gasteiger partial charge is 0.193 e. The number of morpholine rings is 1. The van der Waals surface area contributed by atoms with Crippen LogP contribution in [0.1, 0.15) is 25.8 Å². The van der Waals surface area contributed by atoms with Crippen LogP contribution in [0.4, 0.5) is 0 Å². The van der Waals surface area contributed by atoms with Crippen molar-refractivity contribution in [3.05, 3.63) is 34.9 Å². The number of guanidine groups is 1. The summed E-state index contributed by atoms with van der Waals surface area (Å²) in [5.74, 6) is 0.996.